The van der Waals surface area contributed by atoms with Gasteiger partial charge in [-0.3, -0.25) is 4.99 Å². The topological polar surface area (TPSA) is 60.2 Å². The van der Waals surface area contributed by atoms with E-state index in [-0.39, 0.29) is 24.0 Å². The van der Waals surface area contributed by atoms with E-state index in [2.05, 4.69) is 40.8 Å². The molecule has 1 aromatic carbocycles. The second kappa shape index (κ2) is 9.43. The second-order valence-electron chi connectivity index (χ2n) is 4.60. The number of nitrogens with one attached hydrogen (secondary N) is 2. The maximum absolute atomic E-state index is 8.77. The summed E-state index contributed by atoms with van der Waals surface area (Å²) in [6.45, 7) is 3.55. The molecule has 2 aromatic rings. The van der Waals surface area contributed by atoms with Crippen molar-refractivity contribution in [3.8, 4) is 6.07 Å². The third kappa shape index (κ3) is 5.66. The molecule has 0 fully saturated rings. The van der Waals surface area contributed by atoms with E-state index in [9.17, 15) is 0 Å². The maximum Gasteiger partial charge on any atom is 0.191 e. The number of nitrogens with zero attached hydrogens (tertiary/aromatic N) is 2. The molecule has 2 rings (SSSR count). The zero-order valence-electron chi connectivity index (χ0n) is 12.6. The summed E-state index contributed by atoms with van der Waals surface area (Å²) in [6, 6.07) is 13.9. The highest BCUT2D eigenvalue weighted by Crippen LogP contribution is 2.14. The van der Waals surface area contributed by atoms with Gasteiger partial charge < -0.3 is 10.6 Å². The number of benzene rings is 1. The molecule has 0 bridgehead atoms. The summed E-state index contributed by atoms with van der Waals surface area (Å²) in [5.41, 5.74) is 1.79. The first-order chi connectivity index (χ1) is 10.2. The Bertz CT molecular complexity index is 656. The third-order valence-corrected chi connectivity index (χ3v) is 3.99. The van der Waals surface area contributed by atoms with Crippen molar-refractivity contribution in [2.75, 3.05) is 7.05 Å². The third-order valence-electron chi connectivity index (χ3n) is 2.99. The molecule has 0 atom stereocenters. The summed E-state index contributed by atoms with van der Waals surface area (Å²) in [5, 5.41) is 15.3. The summed E-state index contributed by atoms with van der Waals surface area (Å²) in [7, 11) is 1.76. The first-order valence-corrected chi connectivity index (χ1v) is 7.52. The molecular formula is C16H19IN4S. The van der Waals surface area contributed by atoms with Gasteiger partial charge in [0, 0.05) is 23.3 Å². The number of aryl methyl sites for hydroxylation is 1. The molecule has 0 saturated heterocycles. The standard InChI is InChI=1S/C16H18N4S.HI/c1-12-3-8-15(21-12)11-20-16(18-2)19-10-14-6-4-13(9-17)5-7-14;/h3-8H,10-11H2,1-2H3,(H2,18,19,20);1H. The van der Waals surface area contributed by atoms with Crippen LogP contribution in [0.1, 0.15) is 20.9 Å². The van der Waals surface area contributed by atoms with Crippen LogP contribution in [0.25, 0.3) is 0 Å². The highest BCUT2D eigenvalue weighted by Gasteiger charge is 2.01. The molecule has 22 heavy (non-hydrogen) atoms. The van der Waals surface area contributed by atoms with E-state index >= 15 is 0 Å². The van der Waals surface area contributed by atoms with Crippen LogP contribution in [0, 0.1) is 18.3 Å². The number of guanidine groups is 1. The normalized spacial score (nSPS) is 10.5. The smallest absolute Gasteiger partial charge is 0.191 e. The van der Waals surface area contributed by atoms with E-state index in [0.29, 0.717) is 12.1 Å². The molecule has 116 valence electrons. The fraction of sp³-hybridized carbons (Fsp3) is 0.250. The molecule has 2 N–H and O–H groups in total. The van der Waals surface area contributed by atoms with Crippen LogP contribution < -0.4 is 10.6 Å². The SMILES string of the molecule is CN=C(NCc1ccc(C#N)cc1)NCc1ccc(C)s1.I. The fourth-order valence-electron chi connectivity index (χ4n) is 1.85. The molecule has 0 saturated carbocycles. The molecule has 0 radical (unpaired) electrons. The van der Waals surface area contributed by atoms with Crippen molar-refractivity contribution in [2.45, 2.75) is 20.0 Å². The summed E-state index contributed by atoms with van der Waals surface area (Å²) in [6.07, 6.45) is 0. The molecule has 0 amide bonds. The van der Waals surface area contributed by atoms with Crippen molar-refractivity contribution >= 4 is 41.3 Å². The van der Waals surface area contributed by atoms with Crippen molar-refractivity contribution in [1.82, 2.24) is 10.6 Å². The Morgan fingerprint density at radius 2 is 1.82 bits per heavy atom. The number of hydrogen-bond donors (Lipinski definition) is 2. The Hall–Kier alpha value is -1.59. The average Bonchev–Trinajstić information content (AvgIpc) is 2.93. The Morgan fingerprint density at radius 3 is 2.36 bits per heavy atom. The monoisotopic (exact) mass is 426 g/mol. The Labute approximate surface area is 152 Å². The van der Waals surface area contributed by atoms with Gasteiger partial charge in [-0.2, -0.15) is 5.26 Å². The summed E-state index contributed by atoms with van der Waals surface area (Å²) in [5.74, 6) is 0.769. The Morgan fingerprint density at radius 1 is 1.14 bits per heavy atom. The molecule has 1 aromatic heterocycles. The quantitative estimate of drug-likeness (QED) is 0.448. The predicted octanol–water partition coefficient (Wildman–Crippen LogP) is 3.41. The first-order valence-electron chi connectivity index (χ1n) is 6.70. The zero-order chi connectivity index (χ0) is 15.1. The van der Waals surface area contributed by atoms with Gasteiger partial charge in [0.15, 0.2) is 5.96 Å². The number of aliphatic imine (C=N–C) groups is 1. The van der Waals surface area contributed by atoms with E-state index in [1.807, 2.05) is 24.3 Å². The Kier molecular flexibility index (Phi) is 7.91. The molecule has 0 aliphatic heterocycles. The molecule has 1 heterocycles. The second-order valence-corrected chi connectivity index (χ2v) is 5.97. The van der Waals surface area contributed by atoms with Gasteiger partial charge >= 0.3 is 0 Å². The molecule has 0 unspecified atom stereocenters. The lowest BCUT2D eigenvalue weighted by atomic mass is 10.1. The first kappa shape index (κ1) is 18.5. The molecule has 0 aliphatic rings. The average molecular weight is 426 g/mol. The van der Waals surface area contributed by atoms with Crippen LogP contribution in [0.5, 0.6) is 0 Å². The maximum atomic E-state index is 8.77. The number of nitriles is 1. The van der Waals surface area contributed by atoms with Crippen LogP contribution in [0.4, 0.5) is 0 Å². The fourth-order valence-corrected chi connectivity index (χ4v) is 2.68. The number of rotatable bonds is 4. The van der Waals surface area contributed by atoms with Crippen molar-refractivity contribution in [2.24, 2.45) is 4.99 Å². The van der Waals surface area contributed by atoms with Crippen LogP contribution in [0.3, 0.4) is 0 Å². The molecule has 0 aliphatic carbocycles. The van der Waals surface area contributed by atoms with Gasteiger partial charge in [0.2, 0.25) is 0 Å². The minimum absolute atomic E-state index is 0. The van der Waals surface area contributed by atoms with Crippen molar-refractivity contribution in [3.63, 3.8) is 0 Å². The summed E-state index contributed by atoms with van der Waals surface area (Å²) >= 11 is 1.78. The van der Waals surface area contributed by atoms with Gasteiger partial charge in [0.1, 0.15) is 0 Å². The number of halogens is 1. The molecule has 6 heteroatoms. The summed E-state index contributed by atoms with van der Waals surface area (Å²) in [4.78, 5) is 6.80. The van der Waals surface area contributed by atoms with E-state index in [0.717, 1.165) is 18.1 Å². The predicted molar refractivity (Wildman–Crippen MR) is 103 cm³/mol. The van der Waals surface area contributed by atoms with Crippen LogP contribution in [-0.2, 0) is 13.1 Å². The largest absolute Gasteiger partial charge is 0.352 e. The van der Waals surface area contributed by atoms with E-state index in [4.69, 9.17) is 5.26 Å². The van der Waals surface area contributed by atoms with Crippen LogP contribution >= 0.6 is 35.3 Å². The minimum atomic E-state index is 0. The van der Waals surface area contributed by atoms with Crippen molar-refractivity contribution in [1.29, 1.82) is 5.26 Å². The highest BCUT2D eigenvalue weighted by molar-refractivity contribution is 14.0. The van der Waals surface area contributed by atoms with Gasteiger partial charge in [-0.15, -0.1) is 35.3 Å². The number of hydrogen-bond acceptors (Lipinski definition) is 3. The summed E-state index contributed by atoms with van der Waals surface area (Å²) < 4.78 is 0. The minimum Gasteiger partial charge on any atom is -0.352 e. The van der Waals surface area contributed by atoms with Crippen molar-refractivity contribution in [3.05, 3.63) is 57.3 Å². The van der Waals surface area contributed by atoms with Crippen LogP contribution in [0.2, 0.25) is 0 Å². The van der Waals surface area contributed by atoms with Gasteiger partial charge in [-0.1, -0.05) is 12.1 Å². The molecule has 4 nitrogen and oxygen atoms in total. The van der Waals surface area contributed by atoms with Gasteiger partial charge in [0.25, 0.3) is 0 Å². The van der Waals surface area contributed by atoms with E-state index in [1.165, 1.54) is 9.75 Å². The molecular weight excluding hydrogens is 407 g/mol. The van der Waals surface area contributed by atoms with Gasteiger partial charge in [-0.05, 0) is 36.8 Å². The van der Waals surface area contributed by atoms with Crippen LogP contribution in [0.15, 0.2) is 41.4 Å². The van der Waals surface area contributed by atoms with Crippen molar-refractivity contribution < 1.29 is 0 Å². The van der Waals surface area contributed by atoms with Gasteiger partial charge in [0.05, 0.1) is 18.2 Å². The van der Waals surface area contributed by atoms with Gasteiger partial charge in [-0.25, -0.2) is 0 Å². The zero-order valence-corrected chi connectivity index (χ0v) is 15.7. The van der Waals surface area contributed by atoms with Crippen LogP contribution in [-0.4, -0.2) is 13.0 Å². The van der Waals surface area contributed by atoms with E-state index in [1.54, 1.807) is 18.4 Å². The lowest BCUT2D eigenvalue weighted by Gasteiger charge is -2.11. The van der Waals surface area contributed by atoms with E-state index < -0.39 is 0 Å². The lowest BCUT2D eigenvalue weighted by molar-refractivity contribution is 0.815. The Balaban J connectivity index is 0.00000242. The molecule has 0 spiro atoms. The highest BCUT2D eigenvalue weighted by atomic mass is 127. The lowest BCUT2D eigenvalue weighted by Crippen LogP contribution is -2.36. The number of thiophene rings is 1.